The van der Waals surface area contributed by atoms with Gasteiger partial charge in [-0.3, -0.25) is 9.80 Å². The van der Waals surface area contributed by atoms with E-state index >= 15 is 0 Å². The molecule has 3 heterocycles. The number of thiophene rings is 1. The predicted octanol–water partition coefficient (Wildman–Crippen LogP) is 1.89. The van der Waals surface area contributed by atoms with Crippen molar-refractivity contribution in [3.8, 4) is 0 Å². The van der Waals surface area contributed by atoms with Gasteiger partial charge in [0.15, 0.2) is 0 Å². The van der Waals surface area contributed by atoms with Crippen molar-refractivity contribution < 1.29 is 4.74 Å². The summed E-state index contributed by atoms with van der Waals surface area (Å²) in [5.74, 6) is 0. The van der Waals surface area contributed by atoms with Crippen LogP contribution in [0.5, 0.6) is 0 Å². The van der Waals surface area contributed by atoms with Crippen LogP contribution in [0.3, 0.4) is 0 Å². The van der Waals surface area contributed by atoms with Gasteiger partial charge in [-0.25, -0.2) is 0 Å². The van der Waals surface area contributed by atoms with Gasteiger partial charge in [-0.1, -0.05) is 6.42 Å². The lowest BCUT2D eigenvalue weighted by Crippen LogP contribution is -2.44. The molecule has 0 radical (unpaired) electrons. The quantitative estimate of drug-likeness (QED) is 0.902. The number of likely N-dealkylation sites (tertiary alicyclic amines) is 1. The zero-order chi connectivity index (χ0) is 14.5. The average molecular weight is 309 g/mol. The summed E-state index contributed by atoms with van der Waals surface area (Å²) >= 11 is 1.97. The molecule has 0 aromatic carbocycles. The van der Waals surface area contributed by atoms with Crippen LogP contribution in [0, 0.1) is 0 Å². The van der Waals surface area contributed by atoms with Gasteiger partial charge in [0.25, 0.3) is 0 Å². The Morgan fingerprint density at radius 1 is 1.05 bits per heavy atom. The molecule has 0 saturated carbocycles. The Labute approximate surface area is 131 Å². The second-order valence-corrected chi connectivity index (χ2v) is 7.42. The number of rotatable bonds is 5. The topological polar surface area (TPSA) is 41.7 Å². The molecule has 0 bridgehead atoms. The van der Waals surface area contributed by atoms with Crippen LogP contribution in [0.15, 0.2) is 12.1 Å². The molecule has 1 aromatic heterocycles. The highest BCUT2D eigenvalue weighted by Gasteiger charge is 2.20. The Morgan fingerprint density at radius 3 is 2.48 bits per heavy atom. The van der Waals surface area contributed by atoms with Crippen molar-refractivity contribution in [1.82, 2.24) is 9.80 Å². The highest BCUT2D eigenvalue weighted by molar-refractivity contribution is 7.11. The second kappa shape index (κ2) is 7.70. The van der Waals surface area contributed by atoms with Crippen LogP contribution in [0.25, 0.3) is 0 Å². The maximum Gasteiger partial charge on any atom is 0.0824 e. The third-order valence-corrected chi connectivity index (χ3v) is 5.47. The first-order valence-corrected chi connectivity index (χ1v) is 8.99. The molecule has 0 aliphatic carbocycles. The molecule has 4 nitrogen and oxygen atoms in total. The molecular formula is C16H27N3OS. The van der Waals surface area contributed by atoms with Crippen molar-refractivity contribution >= 4 is 11.3 Å². The van der Waals surface area contributed by atoms with E-state index in [1.807, 2.05) is 11.3 Å². The first kappa shape index (κ1) is 15.4. The summed E-state index contributed by atoms with van der Waals surface area (Å²) in [5, 5.41) is 0. The van der Waals surface area contributed by atoms with Gasteiger partial charge in [0.05, 0.1) is 12.7 Å². The van der Waals surface area contributed by atoms with Crippen LogP contribution in [0.2, 0.25) is 0 Å². The third-order valence-electron chi connectivity index (χ3n) is 4.41. The van der Waals surface area contributed by atoms with Gasteiger partial charge >= 0.3 is 0 Å². The van der Waals surface area contributed by atoms with E-state index in [0.717, 1.165) is 32.8 Å². The smallest absolute Gasteiger partial charge is 0.0824 e. The largest absolute Gasteiger partial charge is 0.374 e. The molecule has 5 heteroatoms. The van der Waals surface area contributed by atoms with Crippen LogP contribution >= 0.6 is 11.3 Å². The molecule has 0 unspecified atom stereocenters. The Bertz CT molecular complexity index is 431. The minimum Gasteiger partial charge on any atom is -0.374 e. The van der Waals surface area contributed by atoms with E-state index in [-0.39, 0.29) is 6.10 Å². The van der Waals surface area contributed by atoms with Crippen LogP contribution in [-0.2, 0) is 17.8 Å². The van der Waals surface area contributed by atoms with Crippen molar-refractivity contribution in [1.29, 1.82) is 0 Å². The fourth-order valence-electron chi connectivity index (χ4n) is 3.22. The van der Waals surface area contributed by atoms with Gasteiger partial charge in [-0.15, -0.1) is 11.3 Å². The van der Waals surface area contributed by atoms with E-state index in [1.165, 1.54) is 42.1 Å². The molecule has 2 aliphatic heterocycles. The zero-order valence-corrected chi connectivity index (χ0v) is 13.6. The van der Waals surface area contributed by atoms with Crippen LogP contribution in [0.1, 0.15) is 29.0 Å². The maximum atomic E-state index is 5.71. The predicted molar refractivity (Wildman–Crippen MR) is 87.5 cm³/mol. The number of morpholine rings is 1. The molecule has 118 valence electrons. The van der Waals surface area contributed by atoms with E-state index in [4.69, 9.17) is 10.5 Å². The molecule has 2 aliphatic rings. The minimum atomic E-state index is 0.214. The summed E-state index contributed by atoms with van der Waals surface area (Å²) in [6, 6.07) is 4.62. The molecular weight excluding hydrogens is 282 g/mol. The summed E-state index contributed by atoms with van der Waals surface area (Å²) in [7, 11) is 0. The number of hydrogen-bond donors (Lipinski definition) is 1. The first-order valence-electron chi connectivity index (χ1n) is 8.17. The highest BCUT2D eigenvalue weighted by Crippen LogP contribution is 2.22. The molecule has 3 rings (SSSR count). The Hall–Kier alpha value is -0.460. The monoisotopic (exact) mass is 309 g/mol. The number of nitrogens with zero attached hydrogens (tertiary/aromatic N) is 2. The second-order valence-electron chi connectivity index (χ2n) is 6.17. The van der Waals surface area contributed by atoms with E-state index in [1.54, 1.807) is 0 Å². The summed E-state index contributed by atoms with van der Waals surface area (Å²) in [6.07, 6.45) is 4.36. The van der Waals surface area contributed by atoms with Gasteiger partial charge < -0.3 is 10.5 Å². The lowest BCUT2D eigenvalue weighted by Gasteiger charge is -2.31. The van der Waals surface area contributed by atoms with Gasteiger partial charge in [-0.2, -0.15) is 0 Å². The molecule has 2 N–H and O–H groups in total. The fraction of sp³-hybridized carbons (Fsp3) is 0.750. The van der Waals surface area contributed by atoms with Crippen molar-refractivity contribution in [3.05, 3.63) is 21.9 Å². The molecule has 2 fully saturated rings. The van der Waals surface area contributed by atoms with Gasteiger partial charge in [0.2, 0.25) is 0 Å². The Kier molecular flexibility index (Phi) is 5.66. The van der Waals surface area contributed by atoms with E-state index in [0.29, 0.717) is 6.54 Å². The molecule has 1 atom stereocenters. The maximum absolute atomic E-state index is 5.71. The lowest BCUT2D eigenvalue weighted by atomic mass is 10.1. The molecule has 1 aromatic rings. The minimum absolute atomic E-state index is 0.214. The number of nitrogens with two attached hydrogens (primary N) is 1. The lowest BCUT2D eigenvalue weighted by molar-refractivity contribution is -0.0257. The molecule has 0 amide bonds. The van der Waals surface area contributed by atoms with E-state index in [2.05, 4.69) is 21.9 Å². The van der Waals surface area contributed by atoms with Gasteiger partial charge in [0, 0.05) is 42.5 Å². The highest BCUT2D eigenvalue weighted by atomic mass is 32.1. The van der Waals surface area contributed by atoms with Gasteiger partial charge in [-0.05, 0) is 38.1 Å². The normalized spacial score (nSPS) is 25.3. The molecule has 21 heavy (non-hydrogen) atoms. The third kappa shape index (κ3) is 4.50. The summed E-state index contributed by atoms with van der Waals surface area (Å²) < 4.78 is 5.63. The van der Waals surface area contributed by atoms with Gasteiger partial charge in [0.1, 0.15) is 0 Å². The van der Waals surface area contributed by atoms with Crippen LogP contribution < -0.4 is 5.73 Å². The first-order chi connectivity index (χ1) is 10.3. The van der Waals surface area contributed by atoms with Crippen LogP contribution in [-0.4, -0.2) is 55.2 Å². The van der Waals surface area contributed by atoms with Crippen molar-refractivity contribution in [2.45, 2.75) is 38.5 Å². The van der Waals surface area contributed by atoms with E-state index < -0.39 is 0 Å². The summed E-state index contributed by atoms with van der Waals surface area (Å²) in [6.45, 7) is 8.16. The molecule has 0 spiro atoms. The molecule has 2 saturated heterocycles. The van der Waals surface area contributed by atoms with Crippen molar-refractivity contribution in [3.63, 3.8) is 0 Å². The van der Waals surface area contributed by atoms with Crippen molar-refractivity contribution in [2.24, 2.45) is 5.73 Å². The van der Waals surface area contributed by atoms with E-state index in [9.17, 15) is 0 Å². The standard InChI is InChI=1S/C16H27N3OS/c17-10-14-11-19(8-9-20-14)13-16-5-4-15(21-16)12-18-6-2-1-3-7-18/h4-5,14H,1-3,6-13,17H2/t14-/m1/s1. The summed E-state index contributed by atoms with van der Waals surface area (Å²) in [5.41, 5.74) is 5.71. The Balaban J connectivity index is 1.50. The number of piperidine rings is 1. The SMILES string of the molecule is NC[C@@H]1CN(Cc2ccc(CN3CCCCC3)s2)CCO1. The average Bonchev–Trinajstić information content (AvgIpc) is 2.95. The number of hydrogen-bond acceptors (Lipinski definition) is 5. The van der Waals surface area contributed by atoms with Crippen LogP contribution in [0.4, 0.5) is 0 Å². The zero-order valence-electron chi connectivity index (χ0n) is 12.8. The number of ether oxygens (including phenoxy) is 1. The summed E-state index contributed by atoms with van der Waals surface area (Å²) in [4.78, 5) is 8.05. The van der Waals surface area contributed by atoms with Crippen molar-refractivity contribution in [2.75, 3.05) is 39.3 Å². The fourth-order valence-corrected chi connectivity index (χ4v) is 4.32. The Morgan fingerprint density at radius 2 is 1.76 bits per heavy atom.